The van der Waals surface area contributed by atoms with Crippen molar-refractivity contribution >= 4 is 23.0 Å². The summed E-state index contributed by atoms with van der Waals surface area (Å²) in [6.07, 6.45) is -1.33. The molecule has 0 radical (unpaired) electrons. The maximum atomic E-state index is 11.9. The van der Waals surface area contributed by atoms with E-state index in [0.717, 1.165) is 11.3 Å². The second-order valence-electron chi connectivity index (χ2n) is 4.54. The molecule has 0 saturated carbocycles. The zero-order valence-electron chi connectivity index (χ0n) is 10.9. The van der Waals surface area contributed by atoms with E-state index >= 15 is 0 Å². The van der Waals surface area contributed by atoms with Crippen LogP contribution in [0.25, 0.3) is 0 Å². The summed E-state index contributed by atoms with van der Waals surface area (Å²) in [4.78, 5) is 11.3. The van der Waals surface area contributed by atoms with Crippen LogP contribution in [0.3, 0.4) is 0 Å². The van der Waals surface area contributed by atoms with Gasteiger partial charge in [-0.25, -0.2) is 8.78 Å². The predicted octanol–water partition coefficient (Wildman–Crippen LogP) is 1.85. The number of fused-ring (bicyclic) bond motifs is 1. The van der Waals surface area contributed by atoms with Crippen LogP contribution in [0.2, 0.25) is 0 Å². The molecule has 7 heteroatoms. The van der Waals surface area contributed by atoms with Crippen molar-refractivity contribution < 1.29 is 18.3 Å². The van der Waals surface area contributed by atoms with Gasteiger partial charge in [0.2, 0.25) is 5.91 Å². The lowest BCUT2D eigenvalue weighted by Crippen LogP contribution is -2.20. The van der Waals surface area contributed by atoms with E-state index < -0.39 is 13.0 Å². The number of carbonyl (C=O) groups excluding carboxylic acids is 1. The van der Waals surface area contributed by atoms with Gasteiger partial charge in [0, 0.05) is 18.7 Å². The molecule has 1 aliphatic rings. The molecule has 0 aliphatic carbocycles. The number of amides is 1. The number of hydrogen-bond acceptors (Lipinski definition) is 4. The SMILES string of the molecule is Nc1cc2c(cc1NCCOCC(F)F)NC(=O)CC2. The molecule has 1 amide bonds. The molecule has 0 atom stereocenters. The maximum Gasteiger partial charge on any atom is 0.261 e. The van der Waals surface area contributed by atoms with E-state index in [1.54, 1.807) is 6.07 Å². The zero-order valence-corrected chi connectivity index (χ0v) is 10.9. The summed E-state index contributed by atoms with van der Waals surface area (Å²) in [6, 6.07) is 3.58. The van der Waals surface area contributed by atoms with Gasteiger partial charge < -0.3 is 21.1 Å². The fraction of sp³-hybridized carbons (Fsp3) is 0.462. The highest BCUT2D eigenvalue weighted by molar-refractivity contribution is 5.95. The highest BCUT2D eigenvalue weighted by Gasteiger charge is 2.16. The van der Waals surface area contributed by atoms with Crippen LogP contribution in [0, 0.1) is 0 Å². The number of rotatable bonds is 6. The predicted molar refractivity (Wildman–Crippen MR) is 73.1 cm³/mol. The van der Waals surface area contributed by atoms with E-state index in [9.17, 15) is 13.6 Å². The average molecular weight is 285 g/mol. The number of nitrogens with one attached hydrogen (secondary N) is 2. The molecule has 0 fully saturated rings. The molecule has 1 aromatic carbocycles. The average Bonchev–Trinajstić information content (AvgIpc) is 2.39. The number of carbonyl (C=O) groups is 1. The van der Waals surface area contributed by atoms with Gasteiger partial charge in [-0.05, 0) is 24.1 Å². The Bertz CT molecular complexity index is 495. The summed E-state index contributed by atoms with van der Waals surface area (Å²) in [5, 5.41) is 5.78. The molecule has 20 heavy (non-hydrogen) atoms. The zero-order chi connectivity index (χ0) is 14.5. The number of nitrogen functional groups attached to an aromatic ring is 1. The van der Waals surface area contributed by atoms with Crippen LogP contribution in [0.15, 0.2) is 12.1 Å². The highest BCUT2D eigenvalue weighted by atomic mass is 19.3. The van der Waals surface area contributed by atoms with Crippen LogP contribution in [0.5, 0.6) is 0 Å². The van der Waals surface area contributed by atoms with Gasteiger partial charge in [0.05, 0.1) is 18.0 Å². The van der Waals surface area contributed by atoms with Crippen molar-refractivity contribution in [3.63, 3.8) is 0 Å². The second-order valence-corrected chi connectivity index (χ2v) is 4.54. The van der Waals surface area contributed by atoms with Crippen LogP contribution < -0.4 is 16.4 Å². The van der Waals surface area contributed by atoms with Crippen molar-refractivity contribution in [2.45, 2.75) is 19.3 Å². The number of halogens is 2. The molecule has 0 aromatic heterocycles. The smallest absolute Gasteiger partial charge is 0.261 e. The molecule has 0 bridgehead atoms. The highest BCUT2D eigenvalue weighted by Crippen LogP contribution is 2.30. The summed E-state index contributed by atoms with van der Waals surface area (Å²) in [5.41, 5.74) is 8.87. The Labute approximate surface area is 115 Å². The van der Waals surface area contributed by atoms with Crippen molar-refractivity contribution in [1.82, 2.24) is 0 Å². The number of nitrogens with two attached hydrogens (primary N) is 1. The maximum absolute atomic E-state index is 11.9. The fourth-order valence-corrected chi connectivity index (χ4v) is 2.03. The Morgan fingerprint density at radius 2 is 2.20 bits per heavy atom. The first-order valence-corrected chi connectivity index (χ1v) is 6.38. The number of aryl methyl sites for hydroxylation is 1. The number of hydrogen-bond donors (Lipinski definition) is 3. The first-order chi connectivity index (χ1) is 9.56. The minimum Gasteiger partial charge on any atom is -0.397 e. The third-order valence-corrected chi connectivity index (χ3v) is 2.98. The van der Waals surface area contributed by atoms with Crippen LogP contribution in [-0.2, 0) is 16.0 Å². The molecule has 0 unspecified atom stereocenters. The molecule has 0 saturated heterocycles. The number of alkyl halides is 2. The third kappa shape index (κ3) is 3.80. The fourth-order valence-electron chi connectivity index (χ4n) is 2.03. The molecule has 4 N–H and O–H groups in total. The van der Waals surface area contributed by atoms with Gasteiger partial charge in [0.1, 0.15) is 6.61 Å². The number of benzene rings is 1. The number of anilines is 3. The molecular weight excluding hydrogens is 268 g/mol. The lowest BCUT2D eigenvalue weighted by atomic mass is 10.0. The Morgan fingerprint density at radius 1 is 1.40 bits per heavy atom. The second kappa shape index (κ2) is 6.51. The normalized spacial score (nSPS) is 14.1. The van der Waals surface area contributed by atoms with E-state index in [2.05, 4.69) is 10.6 Å². The molecule has 1 heterocycles. The van der Waals surface area contributed by atoms with Gasteiger partial charge in [-0.2, -0.15) is 0 Å². The minimum absolute atomic E-state index is 0.0199. The molecule has 5 nitrogen and oxygen atoms in total. The summed E-state index contributed by atoms with van der Waals surface area (Å²) in [6.45, 7) is -0.0473. The van der Waals surface area contributed by atoms with Crippen LogP contribution in [0.1, 0.15) is 12.0 Å². The summed E-state index contributed by atoms with van der Waals surface area (Å²) >= 11 is 0. The van der Waals surface area contributed by atoms with Crippen molar-refractivity contribution in [3.05, 3.63) is 17.7 Å². The largest absolute Gasteiger partial charge is 0.397 e. The van der Waals surface area contributed by atoms with E-state index in [0.29, 0.717) is 30.8 Å². The molecule has 0 spiro atoms. The Hall–Kier alpha value is -1.89. The van der Waals surface area contributed by atoms with E-state index in [1.807, 2.05) is 6.07 Å². The Morgan fingerprint density at radius 3 is 2.95 bits per heavy atom. The van der Waals surface area contributed by atoms with Gasteiger partial charge in [-0.3, -0.25) is 4.79 Å². The van der Waals surface area contributed by atoms with Gasteiger partial charge in [0.25, 0.3) is 6.43 Å². The number of ether oxygens (including phenoxy) is 1. The molecule has 1 aliphatic heterocycles. The van der Waals surface area contributed by atoms with Gasteiger partial charge >= 0.3 is 0 Å². The Kier molecular flexibility index (Phi) is 4.73. The van der Waals surface area contributed by atoms with E-state index in [-0.39, 0.29) is 12.5 Å². The molecular formula is C13H17F2N3O2. The van der Waals surface area contributed by atoms with Crippen LogP contribution in [-0.4, -0.2) is 32.1 Å². The lowest BCUT2D eigenvalue weighted by molar-refractivity contribution is -0.116. The van der Waals surface area contributed by atoms with Crippen molar-refractivity contribution in [2.75, 3.05) is 36.1 Å². The summed E-state index contributed by atoms with van der Waals surface area (Å²) in [5.74, 6) is -0.0199. The standard InChI is InChI=1S/C13H17F2N3O2/c14-12(15)7-20-4-3-17-11-6-10-8(5-9(11)16)1-2-13(19)18-10/h5-6,12,17H,1-4,7,16H2,(H,18,19). The molecule has 110 valence electrons. The van der Waals surface area contributed by atoms with Crippen molar-refractivity contribution in [2.24, 2.45) is 0 Å². The monoisotopic (exact) mass is 285 g/mol. The minimum atomic E-state index is -2.46. The molecule has 1 aromatic rings. The van der Waals surface area contributed by atoms with Crippen LogP contribution >= 0.6 is 0 Å². The van der Waals surface area contributed by atoms with E-state index in [1.165, 1.54) is 0 Å². The summed E-state index contributed by atoms with van der Waals surface area (Å²) < 4.78 is 28.5. The third-order valence-electron chi connectivity index (χ3n) is 2.98. The van der Waals surface area contributed by atoms with E-state index in [4.69, 9.17) is 10.5 Å². The van der Waals surface area contributed by atoms with Gasteiger partial charge in [-0.15, -0.1) is 0 Å². The lowest BCUT2D eigenvalue weighted by Gasteiger charge is -2.19. The van der Waals surface area contributed by atoms with Gasteiger partial charge in [-0.1, -0.05) is 0 Å². The Balaban J connectivity index is 1.91. The molecule has 2 rings (SSSR count). The first-order valence-electron chi connectivity index (χ1n) is 6.38. The first kappa shape index (κ1) is 14.5. The van der Waals surface area contributed by atoms with Crippen LogP contribution in [0.4, 0.5) is 25.8 Å². The summed E-state index contributed by atoms with van der Waals surface area (Å²) in [7, 11) is 0. The topological polar surface area (TPSA) is 76.4 Å². The van der Waals surface area contributed by atoms with Crippen molar-refractivity contribution in [3.8, 4) is 0 Å². The quantitative estimate of drug-likeness (QED) is 0.550. The van der Waals surface area contributed by atoms with Crippen molar-refractivity contribution in [1.29, 1.82) is 0 Å². The van der Waals surface area contributed by atoms with Gasteiger partial charge in [0.15, 0.2) is 0 Å².